The maximum absolute atomic E-state index is 12.3. The monoisotopic (exact) mass is 749 g/mol. The van der Waals surface area contributed by atoms with E-state index in [2.05, 4.69) is 23.6 Å². The number of esters is 1. The number of hydrogen-bond donors (Lipinski definition) is 3. The molecule has 0 bridgehead atoms. The van der Waals surface area contributed by atoms with Crippen LogP contribution in [0.2, 0.25) is 0 Å². The Kier molecular flexibility index (Phi) is 16.8. The maximum Gasteiger partial charge on any atom is 0.472 e. The molecule has 0 radical (unpaired) electrons. The van der Waals surface area contributed by atoms with Crippen molar-refractivity contribution in [3.05, 3.63) is 108 Å². The van der Waals surface area contributed by atoms with E-state index in [1.54, 1.807) is 0 Å². The summed E-state index contributed by atoms with van der Waals surface area (Å²) in [4.78, 5) is 32.6. The molecule has 4 aromatic rings. The van der Waals surface area contributed by atoms with Gasteiger partial charge in [-0.1, -0.05) is 80.8 Å². The van der Waals surface area contributed by atoms with E-state index in [1.807, 2.05) is 84.9 Å². The zero-order valence-electron chi connectivity index (χ0n) is 29.9. The van der Waals surface area contributed by atoms with Gasteiger partial charge in [0.25, 0.3) is 0 Å². The van der Waals surface area contributed by atoms with Crippen LogP contribution >= 0.6 is 7.82 Å². The summed E-state index contributed by atoms with van der Waals surface area (Å²) in [6, 6.07) is 29.7. The second-order valence-electron chi connectivity index (χ2n) is 12.2. The summed E-state index contributed by atoms with van der Waals surface area (Å²) in [6.45, 7) is 2.25. The number of carbonyl (C=O) groups excluding carboxylic acids is 1. The molecule has 0 saturated heterocycles. The standard InChI is InChI=1S/C40H48NO11P/c1-2-3-4-7-24-47-34-19-14-31(15-20-34)32-16-21-35(22-17-32)52-36-12-8-10-30(27-36)28-49-38-13-6-5-11-33(38)18-23-39(42)48-25-9-26-50-53(45,46)51-29-37(41)40(43)44/h5-6,8,10-17,19-22,27,37H,2-4,7,9,18,23-26,28-29,41H2,1H3,(H,43,44)(H,45,46)/t37-/m0/s1. The van der Waals surface area contributed by atoms with Crippen LogP contribution in [0.25, 0.3) is 11.1 Å². The third-order valence-corrected chi connectivity index (χ3v) is 8.93. The highest BCUT2D eigenvalue weighted by molar-refractivity contribution is 7.47. The Bertz CT molecular complexity index is 1770. The number of para-hydroxylation sites is 1. The van der Waals surface area contributed by atoms with Crippen LogP contribution in [0.15, 0.2) is 97.1 Å². The summed E-state index contributed by atoms with van der Waals surface area (Å²) < 4.78 is 44.4. The Morgan fingerprint density at radius 1 is 0.755 bits per heavy atom. The van der Waals surface area contributed by atoms with E-state index in [-0.39, 0.29) is 32.7 Å². The van der Waals surface area contributed by atoms with Gasteiger partial charge in [0.2, 0.25) is 0 Å². The number of nitrogens with two attached hydrogens (primary N) is 1. The molecule has 4 N–H and O–H groups in total. The van der Waals surface area contributed by atoms with Crippen molar-refractivity contribution in [1.29, 1.82) is 0 Å². The minimum absolute atomic E-state index is 0.0445. The summed E-state index contributed by atoms with van der Waals surface area (Å²) >= 11 is 0. The highest BCUT2D eigenvalue weighted by atomic mass is 31.2. The fraction of sp³-hybridized carbons (Fsp3) is 0.350. The Labute approximate surface area is 310 Å². The van der Waals surface area contributed by atoms with Crippen molar-refractivity contribution in [3.63, 3.8) is 0 Å². The van der Waals surface area contributed by atoms with Crippen molar-refractivity contribution in [2.45, 2.75) is 64.5 Å². The van der Waals surface area contributed by atoms with Gasteiger partial charge < -0.3 is 34.7 Å². The predicted octanol–water partition coefficient (Wildman–Crippen LogP) is 8.10. The summed E-state index contributed by atoms with van der Waals surface area (Å²) in [5.41, 5.74) is 9.16. The zero-order chi connectivity index (χ0) is 37.9. The second kappa shape index (κ2) is 21.7. The molecular formula is C40H48NO11P. The molecule has 0 heterocycles. The van der Waals surface area contributed by atoms with Crippen molar-refractivity contribution in [1.82, 2.24) is 0 Å². The first-order valence-electron chi connectivity index (χ1n) is 17.7. The number of carboxylic acid groups (broad SMARTS) is 1. The molecule has 284 valence electrons. The number of phosphoric acid groups is 1. The van der Waals surface area contributed by atoms with Crippen LogP contribution in [0.1, 0.15) is 56.6 Å². The lowest BCUT2D eigenvalue weighted by Gasteiger charge is -2.14. The lowest BCUT2D eigenvalue weighted by atomic mass is 10.1. The van der Waals surface area contributed by atoms with Crippen LogP contribution in [0.5, 0.6) is 23.0 Å². The molecule has 0 aromatic heterocycles. The summed E-state index contributed by atoms with van der Waals surface area (Å²) in [6.07, 6.45) is 5.31. The minimum Gasteiger partial charge on any atom is -0.494 e. The number of benzene rings is 4. The molecule has 0 aliphatic heterocycles. The van der Waals surface area contributed by atoms with Gasteiger partial charge in [-0.3, -0.25) is 18.6 Å². The number of aliphatic carboxylic acids is 1. The Morgan fingerprint density at radius 2 is 1.47 bits per heavy atom. The van der Waals surface area contributed by atoms with Gasteiger partial charge in [0.05, 0.1) is 26.4 Å². The lowest BCUT2D eigenvalue weighted by molar-refractivity contribution is -0.143. The molecule has 0 aliphatic rings. The molecule has 4 aromatic carbocycles. The third kappa shape index (κ3) is 15.0. The van der Waals surface area contributed by atoms with Crippen LogP contribution in [0.3, 0.4) is 0 Å². The number of carboxylic acids is 1. The Morgan fingerprint density at radius 3 is 2.19 bits per heavy atom. The highest BCUT2D eigenvalue weighted by Crippen LogP contribution is 2.43. The zero-order valence-corrected chi connectivity index (χ0v) is 30.8. The summed E-state index contributed by atoms with van der Waals surface area (Å²) in [5.74, 6) is 1.08. The second-order valence-corrected chi connectivity index (χ2v) is 13.7. The average Bonchev–Trinajstić information content (AvgIpc) is 3.16. The van der Waals surface area contributed by atoms with Crippen molar-refractivity contribution in [2.75, 3.05) is 26.4 Å². The topological polar surface area (TPSA) is 173 Å². The quantitative estimate of drug-likeness (QED) is 0.0358. The fourth-order valence-electron chi connectivity index (χ4n) is 5.04. The van der Waals surface area contributed by atoms with E-state index >= 15 is 0 Å². The number of carbonyl (C=O) groups is 2. The third-order valence-electron chi connectivity index (χ3n) is 7.95. The van der Waals surface area contributed by atoms with Crippen molar-refractivity contribution >= 4 is 19.8 Å². The number of rotatable bonds is 24. The molecule has 53 heavy (non-hydrogen) atoms. The molecule has 2 atom stereocenters. The number of unbranched alkanes of at least 4 members (excludes halogenated alkanes) is 3. The molecule has 1 unspecified atom stereocenters. The van der Waals surface area contributed by atoms with Gasteiger partial charge in [-0.25, -0.2) is 4.57 Å². The highest BCUT2D eigenvalue weighted by Gasteiger charge is 2.24. The van der Waals surface area contributed by atoms with E-state index in [1.165, 1.54) is 19.3 Å². The fourth-order valence-corrected chi connectivity index (χ4v) is 5.83. The van der Waals surface area contributed by atoms with Crippen molar-refractivity contribution < 1.29 is 52.1 Å². The molecule has 0 spiro atoms. The largest absolute Gasteiger partial charge is 0.494 e. The maximum atomic E-state index is 12.3. The molecule has 4 rings (SSSR count). The molecule has 0 amide bonds. The van der Waals surface area contributed by atoms with Crippen LogP contribution in [-0.2, 0) is 41.0 Å². The Hall–Kier alpha value is -4.71. The van der Waals surface area contributed by atoms with Crippen LogP contribution in [-0.4, -0.2) is 54.4 Å². The number of hydrogen-bond acceptors (Lipinski definition) is 10. The molecular weight excluding hydrogens is 701 g/mol. The van der Waals surface area contributed by atoms with E-state index < -0.39 is 32.4 Å². The molecule has 0 aliphatic carbocycles. The van der Waals surface area contributed by atoms with Gasteiger partial charge in [-0.05, 0) is 77.6 Å². The van der Waals surface area contributed by atoms with Gasteiger partial charge in [0, 0.05) is 12.8 Å². The average molecular weight is 750 g/mol. The van der Waals surface area contributed by atoms with Gasteiger partial charge in [-0.15, -0.1) is 0 Å². The van der Waals surface area contributed by atoms with E-state index in [0.29, 0.717) is 23.7 Å². The SMILES string of the molecule is CCCCCCOc1ccc(-c2ccc(Oc3cccc(COc4ccccc4CCC(=O)OCCCOP(=O)(O)OC[C@H](N)C(=O)O)c3)cc2)cc1. The van der Waals surface area contributed by atoms with Crippen LogP contribution < -0.4 is 19.9 Å². The number of ether oxygens (including phenoxy) is 4. The van der Waals surface area contributed by atoms with E-state index in [9.17, 15) is 19.0 Å². The summed E-state index contributed by atoms with van der Waals surface area (Å²) in [7, 11) is -4.48. The first-order valence-corrected chi connectivity index (χ1v) is 19.2. The van der Waals surface area contributed by atoms with Crippen LogP contribution in [0.4, 0.5) is 0 Å². The first kappa shape index (κ1) is 41.1. The molecule has 13 heteroatoms. The molecule has 0 fully saturated rings. The van der Waals surface area contributed by atoms with E-state index in [0.717, 1.165) is 41.0 Å². The number of phosphoric ester groups is 1. The minimum atomic E-state index is -4.48. The normalized spacial score (nSPS) is 12.7. The Balaban J connectivity index is 1.18. The lowest BCUT2D eigenvalue weighted by Crippen LogP contribution is -2.34. The van der Waals surface area contributed by atoms with Gasteiger partial charge in [0.15, 0.2) is 0 Å². The van der Waals surface area contributed by atoms with Crippen molar-refractivity contribution in [2.24, 2.45) is 5.73 Å². The smallest absolute Gasteiger partial charge is 0.472 e. The first-order chi connectivity index (χ1) is 25.6. The van der Waals surface area contributed by atoms with E-state index in [4.69, 9.17) is 34.3 Å². The molecule has 12 nitrogen and oxygen atoms in total. The summed E-state index contributed by atoms with van der Waals surface area (Å²) in [5, 5.41) is 8.71. The van der Waals surface area contributed by atoms with Gasteiger partial charge >= 0.3 is 19.8 Å². The predicted molar refractivity (Wildman–Crippen MR) is 200 cm³/mol. The van der Waals surface area contributed by atoms with Crippen LogP contribution in [0, 0.1) is 0 Å². The van der Waals surface area contributed by atoms with Gasteiger partial charge in [-0.2, -0.15) is 0 Å². The van der Waals surface area contributed by atoms with Crippen molar-refractivity contribution in [3.8, 4) is 34.1 Å². The number of aryl methyl sites for hydroxylation is 1. The molecule has 0 saturated carbocycles. The van der Waals surface area contributed by atoms with Gasteiger partial charge in [0.1, 0.15) is 35.6 Å².